The van der Waals surface area contributed by atoms with Gasteiger partial charge >= 0.3 is 0 Å². The average Bonchev–Trinajstić information content (AvgIpc) is 2.42. The van der Waals surface area contributed by atoms with Crippen molar-refractivity contribution >= 4 is 5.69 Å². The molecule has 106 valence electrons. The molecule has 0 aliphatic heterocycles. The topological polar surface area (TPSA) is 68.4 Å². The molecular weight excluding hydrogens is 240 g/mol. The van der Waals surface area contributed by atoms with Crippen LogP contribution in [0.5, 0.6) is 0 Å². The Morgan fingerprint density at radius 2 is 2.16 bits per heavy atom. The monoisotopic (exact) mass is 264 g/mol. The lowest BCUT2D eigenvalue weighted by atomic mass is 9.78. The maximum Gasteiger partial charge on any atom is 0.0943 e. The average molecular weight is 264 g/mol. The normalized spacial score (nSPS) is 20.1. The Kier molecular flexibility index (Phi) is 4.77. The largest absolute Gasteiger partial charge is 0.398 e. The number of aliphatic hydroxyl groups is 1. The predicted octanol–water partition coefficient (Wildman–Crippen LogP) is 2.31. The standard InChI is InChI=1S/C15H24N2O2/c1-2-19-15(7-4-3-5-8-15)14(18)10-12-11-17-9-6-13(12)16/h6,9,11,14,18H,2-5,7-8,10H2,1H3,(H2,16,17). The minimum absolute atomic E-state index is 0.394. The van der Waals surface area contributed by atoms with E-state index in [1.807, 2.05) is 6.92 Å². The Labute approximate surface area is 115 Å². The summed E-state index contributed by atoms with van der Waals surface area (Å²) in [5, 5.41) is 10.6. The van der Waals surface area contributed by atoms with Gasteiger partial charge in [0.1, 0.15) is 0 Å². The number of anilines is 1. The van der Waals surface area contributed by atoms with Crippen molar-refractivity contribution in [2.45, 2.75) is 57.2 Å². The van der Waals surface area contributed by atoms with Crippen LogP contribution in [-0.4, -0.2) is 28.4 Å². The van der Waals surface area contributed by atoms with E-state index < -0.39 is 11.7 Å². The SMILES string of the molecule is CCOC1(C(O)Cc2cnccc2N)CCCCC1. The number of nitrogens with two attached hydrogens (primary N) is 1. The molecule has 1 unspecified atom stereocenters. The molecule has 2 rings (SSSR count). The number of nitrogens with zero attached hydrogens (tertiary/aromatic N) is 1. The summed E-state index contributed by atoms with van der Waals surface area (Å²) in [5.74, 6) is 0. The Morgan fingerprint density at radius 3 is 2.79 bits per heavy atom. The highest BCUT2D eigenvalue weighted by molar-refractivity contribution is 5.44. The summed E-state index contributed by atoms with van der Waals surface area (Å²) in [6, 6.07) is 1.77. The van der Waals surface area contributed by atoms with E-state index >= 15 is 0 Å². The molecule has 1 atom stereocenters. The van der Waals surface area contributed by atoms with Gasteiger partial charge in [-0.25, -0.2) is 0 Å². The summed E-state index contributed by atoms with van der Waals surface area (Å²) in [6.07, 6.45) is 8.75. The van der Waals surface area contributed by atoms with Gasteiger partial charge in [-0.2, -0.15) is 0 Å². The van der Waals surface area contributed by atoms with Crippen molar-refractivity contribution in [3.05, 3.63) is 24.0 Å². The molecule has 1 saturated carbocycles. The summed E-state index contributed by atoms with van der Waals surface area (Å²) < 4.78 is 5.93. The van der Waals surface area contributed by atoms with Crippen LogP contribution in [0.4, 0.5) is 5.69 Å². The summed E-state index contributed by atoms with van der Waals surface area (Å²) in [5.41, 5.74) is 7.12. The van der Waals surface area contributed by atoms with Crippen LogP contribution in [0.1, 0.15) is 44.6 Å². The number of pyridine rings is 1. The molecule has 0 aromatic carbocycles. The van der Waals surface area contributed by atoms with E-state index in [4.69, 9.17) is 10.5 Å². The third-order valence-corrected chi connectivity index (χ3v) is 4.09. The van der Waals surface area contributed by atoms with Crippen molar-refractivity contribution < 1.29 is 9.84 Å². The van der Waals surface area contributed by atoms with Gasteiger partial charge in [0.2, 0.25) is 0 Å². The van der Waals surface area contributed by atoms with Crippen LogP contribution in [0.3, 0.4) is 0 Å². The Balaban J connectivity index is 2.11. The van der Waals surface area contributed by atoms with E-state index in [9.17, 15) is 5.11 Å². The van der Waals surface area contributed by atoms with E-state index in [-0.39, 0.29) is 0 Å². The van der Waals surface area contributed by atoms with Crippen molar-refractivity contribution in [3.63, 3.8) is 0 Å². The fourth-order valence-electron chi connectivity index (χ4n) is 3.01. The smallest absolute Gasteiger partial charge is 0.0943 e. The van der Waals surface area contributed by atoms with Gasteiger partial charge in [0, 0.05) is 31.1 Å². The zero-order valence-electron chi connectivity index (χ0n) is 11.6. The summed E-state index contributed by atoms with van der Waals surface area (Å²) in [6.45, 7) is 2.63. The molecule has 1 heterocycles. The Morgan fingerprint density at radius 1 is 1.42 bits per heavy atom. The molecule has 0 spiro atoms. The number of ether oxygens (including phenoxy) is 1. The van der Waals surface area contributed by atoms with Gasteiger partial charge in [0.05, 0.1) is 11.7 Å². The first-order valence-corrected chi connectivity index (χ1v) is 7.18. The number of rotatable bonds is 5. The van der Waals surface area contributed by atoms with Crippen molar-refractivity contribution in [3.8, 4) is 0 Å². The molecule has 1 aromatic heterocycles. The summed E-state index contributed by atoms with van der Waals surface area (Å²) in [7, 11) is 0. The third-order valence-electron chi connectivity index (χ3n) is 4.09. The number of hydrogen-bond acceptors (Lipinski definition) is 4. The molecule has 0 amide bonds. The first-order chi connectivity index (χ1) is 9.18. The first kappa shape index (κ1) is 14.3. The van der Waals surface area contributed by atoms with Crippen LogP contribution in [0.2, 0.25) is 0 Å². The van der Waals surface area contributed by atoms with Gasteiger partial charge in [-0.05, 0) is 31.4 Å². The number of hydrogen-bond donors (Lipinski definition) is 2. The molecular formula is C15H24N2O2. The Hall–Kier alpha value is -1.13. The van der Waals surface area contributed by atoms with Gasteiger partial charge < -0.3 is 15.6 Å². The van der Waals surface area contributed by atoms with E-state index in [0.29, 0.717) is 18.7 Å². The van der Waals surface area contributed by atoms with E-state index in [2.05, 4.69) is 4.98 Å². The van der Waals surface area contributed by atoms with Crippen LogP contribution in [0.25, 0.3) is 0 Å². The molecule has 4 nitrogen and oxygen atoms in total. The summed E-state index contributed by atoms with van der Waals surface area (Å²) >= 11 is 0. The lowest BCUT2D eigenvalue weighted by Crippen LogP contribution is -2.47. The van der Waals surface area contributed by atoms with E-state index in [0.717, 1.165) is 31.2 Å². The van der Waals surface area contributed by atoms with Crippen molar-refractivity contribution in [1.29, 1.82) is 0 Å². The minimum atomic E-state index is -0.515. The second-order valence-corrected chi connectivity index (χ2v) is 5.35. The highest BCUT2D eigenvalue weighted by Crippen LogP contribution is 2.36. The summed E-state index contributed by atoms with van der Waals surface area (Å²) in [4.78, 5) is 4.08. The van der Waals surface area contributed by atoms with Crippen LogP contribution >= 0.6 is 0 Å². The van der Waals surface area contributed by atoms with Crippen LogP contribution in [0.15, 0.2) is 18.5 Å². The molecule has 1 aromatic rings. The molecule has 1 fully saturated rings. The molecule has 4 heteroatoms. The molecule has 0 bridgehead atoms. The minimum Gasteiger partial charge on any atom is -0.398 e. The maximum atomic E-state index is 10.6. The lowest BCUT2D eigenvalue weighted by Gasteiger charge is -2.41. The van der Waals surface area contributed by atoms with Gasteiger partial charge in [0.15, 0.2) is 0 Å². The van der Waals surface area contributed by atoms with E-state index in [1.165, 1.54) is 6.42 Å². The zero-order chi connectivity index (χ0) is 13.7. The van der Waals surface area contributed by atoms with Gasteiger partial charge in [0.25, 0.3) is 0 Å². The van der Waals surface area contributed by atoms with Crippen molar-refractivity contribution in [1.82, 2.24) is 4.98 Å². The van der Waals surface area contributed by atoms with E-state index in [1.54, 1.807) is 18.5 Å². The zero-order valence-corrected chi connectivity index (χ0v) is 11.6. The molecule has 0 saturated heterocycles. The van der Waals surface area contributed by atoms with Gasteiger partial charge in [-0.3, -0.25) is 4.98 Å². The van der Waals surface area contributed by atoms with Crippen LogP contribution in [-0.2, 0) is 11.2 Å². The quantitative estimate of drug-likeness (QED) is 0.856. The van der Waals surface area contributed by atoms with Crippen LogP contribution in [0, 0.1) is 0 Å². The third kappa shape index (κ3) is 3.25. The molecule has 0 radical (unpaired) electrons. The maximum absolute atomic E-state index is 10.6. The first-order valence-electron chi connectivity index (χ1n) is 7.18. The number of aromatic nitrogens is 1. The number of aliphatic hydroxyl groups excluding tert-OH is 1. The second-order valence-electron chi connectivity index (χ2n) is 5.35. The number of nitrogen functional groups attached to an aromatic ring is 1. The fraction of sp³-hybridized carbons (Fsp3) is 0.667. The van der Waals surface area contributed by atoms with Crippen LogP contribution < -0.4 is 5.73 Å². The molecule has 3 N–H and O–H groups in total. The van der Waals surface area contributed by atoms with Gasteiger partial charge in [-0.15, -0.1) is 0 Å². The highest BCUT2D eigenvalue weighted by atomic mass is 16.5. The van der Waals surface area contributed by atoms with Crippen molar-refractivity contribution in [2.75, 3.05) is 12.3 Å². The second kappa shape index (κ2) is 6.35. The predicted molar refractivity (Wildman–Crippen MR) is 75.8 cm³/mol. The Bertz CT molecular complexity index is 397. The van der Waals surface area contributed by atoms with Crippen molar-refractivity contribution in [2.24, 2.45) is 0 Å². The highest BCUT2D eigenvalue weighted by Gasteiger charge is 2.39. The molecule has 19 heavy (non-hydrogen) atoms. The molecule has 1 aliphatic carbocycles. The lowest BCUT2D eigenvalue weighted by molar-refractivity contribution is -0.138. The fourth-order valence-corrected chi connectivity index (χ4v) is 3.01. The van der Waals surface area contributed by atoms with Gasteiger partial charge in [-0.1, -0.05) is 19.3 Å². The molecule has 1 aliphatic rings.